The van der Waals surface area contributed by atoms with Crippen molar-refractivity contribution in [3.8, 4) is 0 Å². The molecule has 0 spiro atoms. The number of carboxylic acids is 1. The molecule has 1 atom stereocenters. The molecule has 0 aromatic carbocycles. The predicted octanol–water partition coefficient (Wildman–Crippen LogP) is 0.758. The van der Waals surface area contributed by atoms with Gasteiger partial charge < -0.3 is 15.3 Å². The van der Waals surface area contributed by atoms with Crippen molar-refractivity contribution in [1.82, 2.24) is 10.2 Å². The van der Waals surface area contributed by atoms with E-state index in [0.29, 0.717) is 25.6 Å². The smallest absolute Gasteiger partial charge is 0.317 e. The summed E-state index contributed by atoms with van der Waals surface area (Å²) in [5.74, 6) is -0.376. The van der Waals surface area contributed by atoms with Gasteiger partial charge in [-0.15, -0.1) is 0 Å². The lowest BCUT2D eigenvalue weighted by atomic mass is 10.0. The molecule has 5 heteroatoms. The van der Waals surface area contributed by atoms with Gasteiger partial charge >= 0.3 is 12.0 Å². The highest BCUT2D eigenvalue weighted by Crippen LogP contribution is 2.12. The summed E-state index contributed by atoms with van der Waals surface area (Å²) < 4.78 is 0. The topological polar surface area (TPSA) is 69.6 Å². The number of rotatable bonds is 4. The van der Waals surface area contributed by atoms with Gasteiger partial charge in [0.25, 0.3) is 0 Å². The Morgan fingerprint density at radius 2 is 2.33 bits per heavy atom. The normalized spacial score (nSPS) is 21.7. The highest BCUT2D eigenvalue weighted by atomic mass is 16.4. The van der Waals surface area contributed by atoms with Crippen molar-refractivity contribution < 1.29 is 14.7 Å². The number of nitrogens with one attached hydrogen (secondary N) is 1. The summed E-state index contributed by atoms with van der Waals surface area (Å²) in [6, 6.07) is -0.0784. The fourth-order valence-corrected chi connectivity index (χ4v) is 1.78. The van der Waals surface area contributed by atoms with Crippen molar-refractivity contribution in [2.75, 3.05) is 19.6 Å². The van der Waals surface area contributed by atoms with Gasteiger partial charge in [-0.1, -0.05) is 13.8 Å². The zero-order chi connectivity index (χ0) is 11.4. The maximum atomic E-state index is 11.4. The quantitative estimate of drug-likeness (QED) is 0.725. The molecule has 0 saturated carbocycles. The van der Waals surface area contributed by atoms with E-state index in [9.17, 15) is 9.59 Å². The molecule has 15 heavy (non-hydrogen) atoms. The first-order valence-electron chi connectivity index (χ1n) is 5.23. The fourth-order valence-electron chi connectivity index (χ4n) is 1.78. The second-order valence-corrected chi connectivity index (χ2v) is 4.45. The molecule has 0 bridgehead atoms. The van der Waals surface area contributed by atoms with Crippen molar-refractivity contribution in [2.24, 2.45) is 11.8 Å². The van der Waals surface area contributed by atoms with Crippen molar-refractivity contribution in [3.05, 3.63) is 0 Å². The molecule has 1 heterocycles. The van der Waals surface area contributed by atoms with Gasteiger partial charge in [-0.2, -0.15) is 0 Å². The first-order chi connectivity index (χ1) is 6.99. The van der Waals surface area contributed by atoms with Crippen LogP contribution >= 0.6 is 0 Å². The number of urea groups is 1. The molecule has 0 radical (unpaired) electrons. The van der Waals surface area contributed by atoms with Gasteiger partial charge in [0, 0.05) is 25.6 Å². The first-order valence-corrected chi connectivity index (χ1v) is 5.23. The Labute approximate surface area is 89.4 Å². The molecule has 0 aliphatic carbocycles. The first kappa shape index (κ1) is 11.8. The molecule has 1 aliphatic rings. The van der Waals surface area contributed by atoms with Crippen molar-refractivity contribution >= 4 is 12.0 Å². The van der Waals surface area contributed by atoms with Gasteiger partial charge in [0.15, 0.2) is 0 Å². The van der Waals surface area contributed by atoms with E-state index in [0.717, 1.165) is 0 Å². The zero-order valence-corrected chi connectivity index (χ0v) is 9.19. The summed E-state index contributed by atoms with van der Waals surface area (Å²) in [5, 5.41) is 11.4. The van der Waals surface area contributed by atoms with Crippen LogP contribution in [0.1, 0.15) is 20.3 Å². The molecule has 86 valence electrons. The number of carbonyl (C=O) groups excluding carboxylic acids is 1. The van der Waals surface area contributed by atoms with E-state index in [2.05, 4.69) is 5.32 Å². The maximum Gasteiger partial charge on any atom is 0.317 e. The molecule has 5 nitrogen and oxygen atoms in total. The molecule has 1 unspecified atom stereocenters. The Bertz CT molecular complexity index is 253. The summed E-state index contributed by atoms with van der Waals surface area (Å²) in [4.78, 5) is 23.7. The number of carboxylic acid groups (broad SMARTS) is 1. The molecule has 0 aromatic rings. The summed E-state index contributed by atoms with van der Waals surface area (Å²) in [7, 11) is 0. The van der Waals surface area contributed by atoms with Crippen molar-refractivity contribution in [2.45, 2.75) is 20.3 Å². The van der Waals surface area contributed by atoms with Gasteiger partial charge in [-0.3, -0.25) is 4.79 Å². The molecule has 1 aliphatic heterocycles. The average Bonchev–Trinajstić information content (AvgIpc) is 2.09. The lowest BCUT2D eigenvalue weighted by Gasteiger charge is -2.33. The second kappa shape index (κ2) is 5.00. The average molecular weight is 214 g/mol. The number of hydrogen-bond acceptors (Lipinski definition) is 2. The Balaban J connectivity index is 2.48. The number of carbonyl (C=O) groups is 2. The Morgan fingerprint density at radius 1 is 1.67 bits per heavy atom. The molecule has 0 aromatic heterocycles. The summed E-state index contributed by atoms with van der Waals surface area (Å²) in [5.41, 5.74) is 0. The number of nitrogens with zero attached hydrogens (tertiary/aromatic N) is 1. The van der Waals surface area contributed by atoms with Crippen LogP contribution in [0.4, 0.5) is 4.79 Å². The summed E-state index contributed by atoms with van der Waals surface area (Å²) in [6.45, 7) is 5.78. The molecule has 1 fully saturated rings. The highest BCUT2D eigenvalue weighted by molar-refractivity contribution is 5.75. The third-order valence-electron chi connectivity index (χ3n) is 2.36. The van der Waals surface area contributed by atoms with E-state index < -0.39 is 5.97 Å². The number of amides is 2. The molecule has 2 N–H and O–H groups in total. The lowest BCUT2D eigenvalue weighted by Crippen LogP contribution is -2.52. The Hall–Kier alpha value is -1.26. The lowest BCUT2D eigenvalue weighted by molar-refractivity contribution is -0.138. The summed E-state index contributed by atoms with van der Waals surface area (Å²) in [6.07, 6.45) is 0.120. The third-order valence-corrected chi connectivity index (χ3v) is 2.36. The molecular formula is C10H18N2O3. The zero-order valence-electron chi connectivity index (χ0n) is 9.19. The van der Waals surface area contributed by atoms with Crippen LogP contribution in [-0.4, -0.2) is 41.6 Å². The molecular weight excluding hydrogens is 196 g/mol. The number of hydrogen-bond donors (Lipinski definition) is 2. The summed E-state index contributed by atoms with van der Waals surface area (Å²) >= 11 is 0. The minimum Gasteiger partial charge on any atom is -0.481 e. The van der Waals surface area contributed by atoms with Crippen LogP contribution in [0.3, 0.4) is 0 Å². The Kier molecular flexibility index (Phi) is 3.94. The van der Waals surface area contributed by atoms with Crippen LogP contribution in [0.25, 0.3) is 0 Å². The third kappa shape index (κ3) is 3.77. The van der Waals surface area contributed by atoms with Crippen LogP contribution in [0.15, 0.2) is 0 Å². The van der Waals surface area contributed by atoms with Crippen LogP contribution in [0.5, 0.6) is 0 Å². The van der Waals surface area contributed by atoms with Crippen molar-refractivity contribution in [1.29, 1.82) is 0 Å². The van der Waals surface area contributed by atoms with Crippen LogP contribution < -0.4 is 5.32 Å². The van der Waals surface area contributed by atoms with E-state index in [1.807, 2.05) is 13.8 Å². The standard InChI is InChI=1S/C10H18N2O3/c1-7(2)5-12-6-8(3-9(13)14)4-11-10(12)15/h7-8H,3-6H2,1-2H3,(H,11,15)(H,13,14). The van der Waals surface area contributed by atoms with E-state index in [4.69, 9.17) is 5.11 Å². The maximum absolute atomic E-state index is 11.4. The van der Waals surface area contributed by atoms with Gasteiger partial charge in [0.1, 0.15) is 0 Å². The predicted molar refractivity (Wildman–Crippen MR) is 55.6 cm³/mol. The van der Waals surface area contributed by atoms with E-state index >= 15 is 0 Å². The molecule has 1 rings (SSSR count). The second-order valence-electron chi connectivity index (χ2n) is 4.45. The SMILES string of the molecule is CC(C)CN1CC(CC(=O)O)CNC1=O. The van der Waals surface area contributed by atoms with E-state index in [1.165, 1.54) is 0 Å². The van der Waals surface area contributed by atoms with Crippen molar-refractivity contribution in [3.63, 3.8) is 0 Å². The fraction of sp³-hybridized carbons (Fsp3) is 0.800. The van der Waals surface area contributed by atoms with Gasteiger partial charge in [0.05, 0.1) is 6.42 Å². The van der Waals surface area contributed by atoms with Gasteiger partial charge in [-0.05, 0) is 5.92 Å². The highest BCUT2D eigenvalue weighted by Gasteiger charge is 2.26. The Morgan fingerprint density at radius 3 is 2.87 bits per heavy atom. The van der Waals surface area contributed by atoms with E-state index in [-0.39, 0.29) is 18.4 Å². The van der Waals surface area contributed by atoms with Crippen LogP contribution in [0, 0.1) is 11.8 Å². The van der Waals surface area contributed by atoms with Crippen LogP contribution in [-0.2, 0) is 4.79 Å². The van der Waals surface area contributed by atoms with Crippen LogP contribution in [0.2, 0.25) is 0 Å². The number of aliphatic carboxylic acids is 1. The monoisotopic (exact) mass is 214 g/mol. The largest absolute Gasteiger partial charge is 0.481 e. The van der Waals surface area contributed by atoms with E-state index in [1.54, 1.807) is 4.90 Å². The minimum absolute atomic E-state index is 0.0268. The van der Waals surface area contributed by atoms with Gasteiger partial charge in [0.2, 0.25) is 0 Å². The molecule has 1 saturated heterocycles. The minimum atomic E-state index is -0.805. The van der Waals surface area contributed by atoms with Gasteiger partial charge in [-0.25, -0.2) is 4.79 Å². The molecule has 2 amide bonds.